The van der Waals surface area contributed by atoms with Gasteiger partial charge < -0.3 is 14.8 Å². The molecule has 2 aromatic rings. The van der Waals surface area contributed by atoms with E-state index in [9.17, 15) is 0 Å². The lowest BCUT2D eigenvalue weighted by Gasteiger charge is -2.23. The van der Waals surface area contributed by atoms with Crippen LogP contribution in [0.3, 0.4) is 0 Å². The van der Waals surface area contributed by atoms with Gasteiger partial charge in [0, 0.05) is 13.1 Å². The Morgan fingerprint density at radius 3 is 2.52 bits per heavy atom. The third-order valence-electron chi connectivity index (χ3n) is 4.17. The first-order valence-corrected chi connectivity index (χ1v) is 8.48. The van der Waals surface area contributed by atoms with Crippen molar-refractivity contribution in [3.05, 3.63) is 65.7 Å². The molecule has 3 rings (SSSR count). The smallest absolute Gasteiger partial charge is 0.119 e. The van der Waals surface area contributed by atoms with Gasteiger partial charge in [-0.3, -0.25) is 0 Å². The fourth-order valence-corrected chi connectivity index (χ4v) is 2.82. The first-order chi connectivity index (χ1) is 11.4. The van der Waals surface area contributed by atoms with E-state index in [1.54, 1.807) is 0 Å². The van der Waals surface area contributed by atoms with E-state index in [4.69, 9.17) is 9.47 Å². The molecule has 3 heteroatoms. The van der Waals surface area contributed by atoms with Crippen LogP contribution in [0, 0.1) is 0 Å². The predicted octanol–water partition coefficient (Wildman–Crippen LogP) is 3.58. The Labute approximate surface area is 138 Å². The SMILES string of the molecule is c1ccc(OCc2ccc(CCCC3CNCCO3)cc2)cc1. The highest BCUT2D eigenvalue weighted by molar-refractivity contribution is 5.24. The standard InChI is InChI=1S/C20H25NO2/c1-2-6-19(7-3-1)23-16-18-11-9-17(10-12-18)5-4-8-20-15-21-13-14-22-20/h1-3,6-7,9-12,20-21H,4-5,8,13-16H2. The number of benzene rings is 2. The van der Waals surface area contributed by atoms with Crippen LogP contribution in [0.2, 0.25) is 0 Å². The summed E-state index contributed by atoms with van der Waals surface area (Å²) in [4.78, 5) is 0. The van der Waals surface area contributed by atoms with Gasteiger partial charge in [-0.25, -0.2) is 0 Å². The largest absolute Gasteiger partial charge is 0.489 e. The Morgan fingerprint density at radius 1 is 1.00 bits per heavy atom. The highest BCUT2D eigenvalue weighted by Gasteiger charge is 2.12. The molecule has 0 amide bonds. The molecular formula is C20H25NO2. The minimum atomic E-state index is 0.391. The minimum absolute atomic E-state index is 0.391. The summed E-state index contributed by atoms with van der Waals surface area (Å²) >= 11 is 0. The molecule has 0 aromatic heterocycles. The lowest BCUT2D eigenvalue weighted by Crippen LogP contribution is -2.38. The van der Waals surface area contributed by atoms with Gasteiger partial charge in [0.2, 0.25) is 0 Å². The summed E-state index contributed by atoms with van der Waals surface area (Å²) in [5.74, 6) is 0.915. The van der Waals surface area contributed by atoms with Crippen LogP contribution in [0.25, 0.3) is 0 Å². The van der Waals surface area contributed by atoms with Crippen LogP contribution in [0.4, 0.5) is 0 Å². The van der Waals surface area contributed by atoms with Gasteiger partial charge in [-0.1, -0.05) is 42.5 Å². The average Bonchev–Trinajstić information content (AvgIpc) is 2.63. The van der Waals surface area contributed by atoms with Crippen LogP contribution in [-0.4, -0.2) is 25.8 Å². The zero-order valence-electron chi connectivity index (χ0n) is 13.5. The zero-order chi connectivity index (χ0) is 15.7. The average molecular weight is 311 g/mol. The van der Waals surface area contributed by atoms with Crippen molar-refractivity contribution >= 4 is 0 Å². The molecule has 0 aliphatic carbocycles. The van der Waals surface area contributed by atoms with Crippen molar-refractivity contribution in [2.75, 3.05) is 19.7 Å². The van der Waals surface area contributed by atoms with Crippen molar-refractivity contribution in [3.63, 3.8) is 0 Å². The van der Waals surface area contributed by atoms with Crippen LogP contribution >= 0.6 is 0 Å². The van der Waals surface area contributed by atoms with E-state index < -0.39 is 0 Å². The van der Waals surface area contributed by atoms with Gasteiger partial charge in [-0.15, -0.1) is 0 Å². The Morgan fingerprint density at radius 2 is 1.78 bits per heavy atom. The molecule has 0 radical (unpaired) electrons. The summed E-state index contributed by atoms with van der Waals surface area (Å²) < 4.78 is 11.5. The number of morpholine rings is 1. The molecule has 1 atom stereocenters. The first-order valence-electron chi connectivity index (χ1n) is 8.48. The first kappa shape index (κ1) is 16.0. The molecule has 1 N–H and O–H groups in total. The highest BCUT2D eigenvalue weighted by atomic mass is 16.5. The second-order valence-corrected chi connectivity index (χ2v) is 6.01. The van der Waals surface area contributed by atoms with Gasteiger partial charge in [0.25, 0.3) is 0 Å². The molecule has 1 saturated heterocycles. The summed E-state index contributed by atoms with van der Waals surface area (Å²) in [7, 11) is 0. The molecule has 1 aliphatic rings. The van der Waals surface area contributed by atoms with E-state index in [2.05, 4.69) is 29.6 Å². The molecule has 1 fully saturated rings. The molecule has 122 valence electrons. The number of hydrogen-bond acceptors (Lipinski definition) is 3. The fraction of sp³-hybridized carbons (Fsp3) is 0.400. The Balaban J connectivity index is 1.40. The van der Waals surface area contributed by atoms with E-state index >= 15 is 0 Å². The third kappa shape index (κ3) is 5.38. The number of hydrogen-bond donors (Lipinski definition) is 1. The van der Waals surface area contributed by atoms with Crippen molar-refractivity contribution < 1.29 is 9.47 Å². The maximum absolute atomic E-state index is 5.77. The Bertz CT molecular complexity index is 562. The maximum Gasteiger partial charge on any atom is 0.119 e. The minimum Gasteiger partial charge on any atom is -0.489 e. The number of ether oxygens (including phenoxy) is 2. The van der Waals surface area contributed by atoms with E-state index in [1.807, 2.05) is 30.3 Å². The van der Waals surface area contributed by atoms with Crippen LogP contribution in [0.1, 0.15) is 24.0 Å². The normalized spacial score (nSPS) is 17.8. The van der Waals surface area contributed by atoms with Gasteiger partial charge in [-0.2, -0.15) is 0 Å². The maximum atomic E-state index is 5.77. The molecular weight excluding hydrogens is 286 g/mol. The second-order valence-electron chi connectivity index (χ2n) is 6.01. The third-order valence-corrected chi connectivity index (χ3v) is 4.17. The van der Waals surface area contributed by atoms with Crippen LogP contribution in [-0.2, 0) is 17.8 Å². The van der Waals surface area contributed by atoms with Crippen molar-refractivity contribution in [2.45, 2.75) is 32.0 Å². The van der Waals surface area contributed by atoms with Gasteiger partial charge in [0.05, 0.1) is 12.7 Å². The molecule has 2 aromatic carbocycles. The molecule has 23 heavy (non-hydrogen) atoms. The van der Waals surface area contributed by atoms with Crippen LogP contribution < -0.4 is 10.1 Å². The quantitative estimate of drug-likeness (QED) is 0.848. The van der Waals surface area contributed by atoms with Crippen molar-refractivity contribution in [1.29, 1.82) is 0 Å². The molecule has 0 saturated carbocycles. The van der Waals surface area contributed by atoms with Crippen molar-refractivity contribution in [3.8, 4) is 5.75 Å². The Hall–Kier alpha value is -1.84. The van der Waals surface area contributed by atoms with Gasteiger partial charge >= 0.3 is 0 Å². The molecule has 1 unspecified atom stereocenters. The number of aryl methyl sites for hydroxylation is 1. The Kier molecular flexibility index (Phi) is 6.07. The fourth-order valence-electron chi connectivity index (χ4n) is 2.82. The lowest BCUT2D eigenvalue weighted by atomic mass is 10.0. The van der Waals surface area contributed by atoms with Gasteiger partial charge in [0.15, 0.2) is 0 Å². The summed E-state index contributed by atoms with van der Waals surface area (Å²) in [6.45, 7) is 3.45. The number of nitrogens with one attached hydrogen (secondary N) is 1. The molecule has 0 spiro atoms. The van der Waals surface area contributed by atoms with Gasteiger partial charge in [0.1, 0.15) is 12.4 Å². The van der Waals surface area contributed by atoms with Crippen LogP contribution in [0.15, 0.2) is 54.6 Å². The van der Waals surface area contributed by atoms with E-state index in [1.165, 1.54) is 17.5 Å². The zero-order valence-corrected chi connectivity index (χ0v) is 13.5. The predicted molar refractivity (Wildman–Crippen MR) is 92.8 cm³/mol. The molecule has 1 aliphatic heterocycles. The molecule has 1 heterocycles. The van der Waals surface area contributed by atoms with E-state index in [-0.39, 0.29) is 0 Å². The number of para-hydroxylation sites is 1. The van der Waals surface area contributed by atoms with Crippen molar-refractivity contribution in [1.82, 2.24) is 5.32 Å². The monoisotopic (exact) mass is 311 g/mol. The summed E-state index contributed by atoms with van der Waals surface area (Å²) in [6, 6.07) is 18.7. The lowest BCUT2D eigenvalue weighted by molar-refractivity contribution is 0.0225. The second kappa shape index (κ2) is 8.70. The number of rotatable bonds is 7. The highest BCUT2D eigenvalue weighted by Crippen LogP contribution is 2.14. The summed E-state index contributed by atoms with van der Waals surface area (Å²) in [6.07, 6.45) is 3.81. The van der Waals surface area contributed by atoms with E-state index in [0.717, 1.165) is 38.3 Å². The summed E-state index contributed by atoms with van der Waals surface area (Å²) in [5, 5.41) is 3.38. The van der Waals surface area contributed by atoms with Crippen molar-refractivity contribution in [2.24, 2.45) is 0 Å². The summed E-state index contributed by atoms with van der Waals surface area (Å²) in [5.41, 5.74) is 2.59. The molecule has 0 bridgehead atoms. The molecule has 3 nitrogen and oxygen atoms in total. The van der Waals surface area contributed by atoms with E-state index in [0.29, 0.717) is 12.7 Å². The topological polar surface area (TPSA) is 30.5 Å². The van der Waals surface area contributed by atoms with Crippen LogP contribution in [0.5, 0.6) is 5.75 Å². The van der Waals surface area contributed by atoms with Gasteiger partial charge in [-0.05, 0) is 42.5 Å².